The van der Waals surface area contributed by atoms with Crippen LogP contribution in [-0.4, -0.2) is 40.9 Å². The number of fused-ring (bicyclic) bond motifs is 1. The Morgan fingerprint density at radius 3 is 2.85 bits per heavy atom. The molecule has 0 amide bonds. The lowest BCUT2D eigenvalue weighted by Gasteiger charge is -2.21. The second-order valence-corrected chi connectivity index (χ2v) is 3.83. The van der Waals surface area contributed by atoms with Gasteiger partial charge in [0.1, 0.15) is 12.2 Å². The van der Waals surface area contributed by atoms with Gasteiger partial charge < -0.3 is 14.7 Å². The molecule has 13 heavy (non-hydrogen) atoms. The Bertz CT molecular complexity index is 261. The zero-order valence-corrected chi connectivity index (χ0v) is 7.60. The van der Waals surface area contributed by atoms with Crippen LogP contribution in [0.5, 0.6) is 0 Å². The van der Waals surface area contributed by atoms with E-state index in [1.54, 1.807) is 0 Å². The third kappa shape index (κ3) is 1.32. The summed E-state index contributed by atoms with van der Waals surface area (Å²) in [5.41, 5.74) is 0. The maximum Gasteiger partial charge on any atom is 0.163 e. The molecular formula is C8H12N2O3. The van der Waals surface area contributed by atoms with Gasteiger partial charge in [0, 0.05) is 0 Å². The van der Waals surface area contributed by atoms with Crippen LogP contribution in [0, 0.1) is 11.3 Å². The molecule has 1 N–H and O–H groups in total. The first-order valence-corrected chi connectivity index (χ1v) is 4.24. The normalized spacial score (nSPS) is 43.1. The number of hydroxylamine groups is 2. The maximum atomic E-state index is 9.32. The van der Waals surface area contributed by atoms with Crippen molar-refractivity contribution in [3.8, 4) is 6.07 Å². The molecule has 0 spiro atoms. The Hall–Kier alpha value is -0.670. The SMILES string of the molecule is CC1(C)O[C@@H]2[C@@H](CN(O)[C@H]2C#N)O1. The Labute approximate surface area is 76.4 Å². The Kier molecular flexibility index (Phi) is 1.82. The smallest absolute Gasteiger partial charge is 0.163 e. The zero-order chi connectivity index (χ0) is 9.64. The van der Waals surface area contributed by atoms with Crippen molar-refractivity contribution >= 4 is 0 Å². The van der Waals surface area contributed by atoms with Crippen LogP contribution in [0.3, 0.4) is 0 Å². The molecule has 0 radical (unpaired) electrons. The van der Waals surface area contributed by atoms with Crippen molar-refractivity contribution in [1.29, 1.82) is 5.26 Å². The lowest BCUT2D eigenvalue weighted by atomic mass is 10.2. The third-order valence-electron chi connectivity index (χ3n) is 2.35. The summed E-state index contributed by atoms with van der Waals surface area (Å²) in [6.07, 6.45) is -0.519. The van der Waals surface area contributed by atoms with Crippen molar-refractivity contribution in [3.05, 3.63) is 0 Å². The van der Waals surface area contributed by atoms with Crippen LogP contribution in [0.25, 0.3) is 0 Å². The van der Waals surface area contributed by atoms with Gasteiger partial charge in [0.05, 0.1) is 12.6 Å². The molecule has 0 saturated carbocycles. The van der Waals surface area contributed by atoms with E-state index >= 15 is 0 Å². The number of hydrogen-bond donors (Lipinski definition) is 1. The first kappa shape index (κ1) is 8.91. The minimum absolute atomic E-state index is 0.190. The van der Waals surface area contributed by atoms with Crippen LogP contribution >= 0.6 is 0 Å². The van der Waals surface area contributed by atoms with Crippen LogP contribution in [0.1, 0.15) is 13.8 Å². The molecule has 2 fully saturated rings. The fourth-order valence-corrected chi connectivity index (χ4v) is 1.88. The van der Waals surface area contributed by atoms with Gasteiger partial charge in [-0.25, -0.2) is 0 Å². The number of ether oxygens (including phenoxy) is 2. The topological polar surface area (TPSA) is 65.7 Å². The predicted octanol–water partition coefficient (Wildman–Crippen LogP) is 0.103. The highest BCUT2D eigenvalue weighted by molar-refractivity contribution is 5.07. The molecule has 2 saturated heterocycles. The van der Waals surface area contributed by atoms with Crippen molar-refractivity contribution in [3.63, 3.8) is 0 Å². The average molecular weight is 184 g/mol. The molecule has 72 valence electrons. The third-order valence-corrected chi connectivity index (χ3v) is 2.35. The summed E-state index contributed by atoms with van der Waals surface area (Å²) in [5.74, 6) is -0.633. The minimum atomic E-state index is -0.633. The van der Waals surface area contributed by atoms with Crippen LogP contribution in [0.4, 0.5) is 0 Å². The average Bonchev–Trinajstić information content (AvgIpc) is 2.39. The van der Waals surface area contributed by atoms with Gasteiger partial charge in [0.2, 0.25) is 0 Å². The summed E-state index contributed by atoms with van der Waals surface area (Å²) < 4.78 is 11.0. The van der Waals surface area contributed by atoms with E-state index in [2.05, 4.69) is 0 Å². The molecule has 0 aliphatic carbocycles. The van der Waals surface area contributed by atoms with Gasteiger partial charge >= 0.3 is 0 Å². The monoisotopic (exact) mass is 184 g/mol. The van der Waals surface area contributed by atoms with Crippen molar-refractivity contribution in [1.82, 2.24) is 5.06 Å². The first-order chi connectivity index (χ1) is 6.03. The van der Waals surface area contributed by atoms with Crippen molar-refractivity contribution in [2.75, 3.05) is 6.54 Å². The van der Waals surface area contributed by atoms with Crippen LogP contribution in [0.15, 0.2) is 0 Å². The Balaban J connectivity index is 2.16. The highest BCUT2D eigenvalue weighted by atomic mass is 16.8. The summed E-state index contributed by atoms with van der Waals surface area (Å²) in [6.45, 7) is 3.95. The first-order valence-electron chi connectivity index (χ1n) is 4.24. The van der Waals surface area contributed by atoms with E-state index in [4.69, 9.17) is 14.7 Å². The molecule has 0 bridgehead atoms. The molecule has 0 aromatic carbocycles. The van der Waals surface area contributed by atoms with Gasteiger partial charge in [-0.1, -0.05) is 0 Å². The molecule has 0 aromatic heterocycles. The van der Waals surface area contributed by atoms with Gasteiger partial charge in [-0.2, -0.15) is 10.3 Å². The second-order valence-electron chi connectivity index (χ2n) is 3.83. The molecule has 0 aromatic rings. The van der Waals surface area contributed by atoms with Gasteiger partial charge in [-0.3, -0.25) is 0 Å². The summed E-state index contributed by atoms with van der Waals surface area (Å²) >= 11 is 0. The summed E-state index contributed by atoms with van der Waals surface area (Å²) in [5, 5.41) is 19.1. The van der Waals surface area contributed by atoms with Crippen LogP contribution < -0.4 is 0 Å². The number of hydrogen-bond acceptors (Lipinski definition) is 5. The lowest BCUT2D eigenvalue weighted by molar-refractivity contribution is -0.190. The molecule has 5 nitrogen and oxygen atoms in total. The predicted molar refractivity (Wildman–Crippen MR) is 41.7 cm³/mol. The van der Waals surface area contributed by atoms with E-state index < -0.39 is 11.8 Å². The molecule has 5 heteroatoms. The van der Waals surface area contributed by atoms with Crippen molar-refractivity contribution in [2.24, 2.45) is 0 Å². The molecule has 2 aliphatic rings. The van der Waals surface area contributed by atoms with Gasteiger partial charge in [-0.05, 0) is 13.8 Å². The molecular weight excluding hydrogens is 172 g/mol. The summed E-state index contributed by atoms with van der Waals surface area (Å²) in [6, 6.07) is 1.39. The van der Waals surface area contributed by atoms with Gasteiger partial charge in [0.25, 0.3) is 0 Å². The van der Waals surface area contributed by atoms with E-state index in [9.17, 15) is 5.21 Å². The van der Waals surface area contributed by atoms with E-state index in [-0.39, 0.29) is 12.2 Å². The molecule has 2 heterocycles. The lowest BCUT2D eigenvalue weighted by Crippen LogP contribution is -2.35. The minimum Gasteiger partial charge on any atom is -0.343 e. The Morgan fingerprint density at radius 1 is 1.54 bits per heavy atom. The highest BCUT2D eigenvalue weighted by Gasteiger charge is 2.52. The van der Waals surface area contributed by atoms with E-state index in [0.717, 1.165) is 5.06 Å². The fraction of sp³-hybridized carbons (Fsp3) is 0.875. The number of nitrogens with zero attached hydrogens (tertiary/aromatic N) is 2. The Morgan fingerprint density at radius 2 is 2.23 bits per heavy atom. The summed E-state index contributed by atoms with van der Waals surface area (Å²) in [4.78, 5) is 0. The summed E-state index contributed by atoms with van der Waals surface area (Å²) in [7, 11) is 0. The quantitative estimate of drug-likeness (QED) is 0.578. The van der Waals surface area contributed by atoms with E-state index in [1.165, 1.54) is 0 Å². The van der Waals surface area contributed by atoms with Crippen LogP contribution in [0.2, 0.25) is 0 Å². The van der Waals surface area contributed by atoms with E-state index in [0.29, 0.717) is 6.54 Å². The van der Waals surface area contributed by atoms with Crippen molar-refractivity contribution in [2.45, 2.75) is 37.9 Å². The maximum absolute atomic E-state index is 9.32. The van der Waals surface area contributed by atoms with Gasteiger partial charge in [0.15, 0.2) is 11.8 Å². The van der Waals surface area contributed by atoms with Crippen molar-refractivity contribution < 1.29 is 14.7 Å². The molecule has 3 atom stereocenters. The largest absolute Gasteiger partial charge is 0.343 e. The van der Waals surface area contributed by atoms with E-state index in [1.807, 2.05) is 19.9 Å². The molecule has 0 unspecified atom stereocenters. The number of rotatable bonds is 0. The zero-order valence-electron chi connectivity index (χ0n) is 7.60. The highest BCUT2D eigenvalue weighted by Crippen LogP contribution is 2.35. The standard InChI is InChI=1S/C8H12N2O3/c1-8(2)12-6-4-10(11)5(3-9)7(6)13-8/h5-7,11H,4H2,1-2H3/t5-,6+,7-/m0/s1. The molecule has 2 aliphatic heterocycles. The second kappa shape index (κ2) is 2.66. The van der Waals surface area contributed by atoms with Crippen LogP contribution in [-0.2, 0) is 9.47 Å². The fourth-order valence-electron chi connectivity index (χ4n) is 1.88. The van der Waals surface area contributed by atoms with Gasteiger partial charge in [-0.15, -0.1) is 0 Å². The number of nitriles is 1. The molecule has 2 rings (SSSR count).